The quantitative estimate of drug-likeness (QED) is 0.471. The SMILES string of the molecule is CC(C)(C(=O)OC(Cl)C(Cl)(Cl)Cl)c1ccccc1.O=C1NN1. The Morgan fingerprint density at radius 1 is 1.14 bits per heavy atom. The van der Waals surface area contributed by atoms with E-state index >= 15 is 0 Å². The van der Waals surface area contributed by atoms with Gasteiger partial charge in [0.05, 0.1) is 5.41 Å². The van der Waals surface area contributed by atoms with E-state index in [4.69, 9.17) is 51.1 Å². The molecule has 0 aromatic heterocycles. The van der Waals surface area contributed by atoms with Gasteiger partial charge in [0.2, 0.25) is 9.36 Å². The number of alkyl halides is 4. The molecule has 2 amide bonds. The predicted molar refractivity (Wildman–Crippen MR) is 87.2 cm³/mol. The van der Waals surface area contributed by atoms with Crippen LogP contribution in [0.1, 0.15) is 19.4 Å². The maximum absolute atomic E-state index is 12.0. The third-order valence-corrected chi connectivity index (χ3v) is 4.05. The molecule has 1 unspecified atom stereocenters. The Morgan fingerprint density at radius 3 is 1.95 bits per heavy atom. The average molecular weight is 388 g/mol. The molecule has 1 fully saturated rings. The normalized spacial score (nSPS) is 14.7. The lowest BCUT2D eigenvalue weighted by atomic mass is 9.85. The third-order valence-electron chi connectivity index (χ3n) is 2.70. The summed E-state index contributed by atoms with van der Waals surface area (Å²) >= 11 is 22.3. The first-order valence-electron chi connectivity index (χ1n) is 6.08. The molecule has 2 rings (SSSR count). The van der Waals surface area contributed by atoms with Gasteiger partial charge in [-0.15, -0.1) is 0 Å². The minimum atomic E-state index is -1.86. The zero-order valence-corrected chi connectivity index (χ0v) is 14.7. The summed E-state index contributed by atoms with van der Waals surface area (Å²) in [6, 6.07) is 9.07. The van der Waals surface area contributed by atoms with E-state index in [1.165, 1.54) is 0 Å². The molecule has 1 saturated heterocycles. The van der Waals surface area contributed by atoms with Gasteiger partial charge in [-0.25, -0.2) is 15.6 Å². The standard InChI is InChI=1S/C12H12Cl4O2.CH2N2O/c1-11(2,8-6-4-3-5-7-8)10(17)18-9(13)12(14,15)16;4-1-2-3-1/h3-7,9H,1-2H3;(H2,2,3,4). The summed E-state index contributed by atoms with van der Waals surface area (Å²) in [5, 5.41) is 0. The fraction of sp³-hybridized carbons (Fsp3) is 0.385. The maximum Gasteiger partial charge on any atom is 0.352 e. The molecule has 1 aromatic carbocycles. The molecule has 0 saturated carbocycles. The fourth-order valence-electron chi connectivity index (χ4n) is 1.31. The van der Waals surface area contributed by atoms with E-state index in [2.05, 4.69) is 10.9 Å². The summed E-state index contributed by atoms with van der Waals surface area (Å²) in [6.45, 7) is 3.43. The molecule has 1 heterocycles. The molecule has 9 heteroatoms. The second-order valence-corrected chi connectivity index (χ2v) is 7.60. The van der Waals surface area contributed by atoms with Crippen LogP contribution in [0.3, 0.4) is 0 Å². The number of amides is 2. The fourth-order valence-corrected chi connectivity index (χ4v) is 1.52. The number of benzene rings is 1. The number of nitrogens with one attached hydrogen (secondary N) is 2. The first-order valence-corrected chi connectivity index (χ1v) is 7.65. The Morgan fingerprint density at radius 2 is 1.59 bits per heavy atom. The minimum Gasteiger partial charge on any atom is -0.441 e. The average Bonchev–Trinajstić information content (AvgIpc) is 3.21. The number of hydrogen-bond acceptors (Lipinski definition) is 3. The van der Waals surface area contributed by atoms with Crippen molar-refractivity contribution in [3.05, 3.63) is 35.9 Å². The van der Waals surface area contributed by atoms with E-state index in [9.17, 15) is 9.59 Å². The van der Waals surface area contributed by atoms with Gasteiger partial charge in [-0.3, -0.25) is 4.79 Å². The largest absolute Gasteiger partial charge is 0.441 e. The molecule has 2 N–H and O–H groups in total. The van der Waals surface area contributed by atoms with Gasteiger partial charge < -0.3 is 4.74 Å². The first-order chi connectivity index (χ1) is 10.0. The lowest BCUT2D eigenvalue weighted by molar-refractivity contribution is -0.151. The van der Waals surface area contributed by atoms with E-state index in [0.29, 0.717) is 0 Å². The van der Waals surface area contributed by atoms with Crippen LogP contribution in [0.15, 0.2) is 30.3 Å². The van der Waals surface area contributed by atoms with E-state index in [-0.39, 0.29) is 6.03 Å². The highest BCUT2D eigenvalue weighted by atomic mass is 35.6. The summed E-state index contributed by atoms with van der Waals surface area (Å²) < 4.78 is 3.11. The van der Waals surface area contributed by atoms with Crippen molar-refractivity contribution >= 4 is 58.4 Å². The number of carbonyl (C=O) groups is 2. The summed E-state index contributed by atoms with van der Waals surface area (Å²) in [4.78, 5) is 21.4. The Bertz CT molecular complexity index is 526. The molecule has 1 aromatic rings. The van der Waals surface area contributed by atoms with Crippen molar-refractivity contribution in [3.63, 3.8) is 0 Å². The highest BCUT2D eigenvalue weighted by molar-refractivity contribution is 6.70. The second kappa shape index (κ2) is 7.59. The number of carbonyl (C=O) groups excluding carboxylic acids is 2. The van der Waals surface area contributed by atoms with Crippen molar-refractivity contribution in [3.8, 4) is 0 Å². The smallest absolute Gasteiger partial charge is 0.352 e. The summed E-state index contributed by atoms with van der Waals surface area (Å²) in [7, 11) is 0. The molecule has 22 heavy (non-hydrogen) atoms. The number of hydrogen-bond donors (Lipinski definition) is 2. The van der Waals surface area contributed by atoms with Crippen LogP contribution >= 0.6 is 46.4 Å². The van der Waals surface area contributed by atoms with Crippen LogP contribution in [0.4, 0.5) is 4.79 Å². The highest BCUT2D eigenvalue weighted by Gasteiger charge is 2.39. The van der Waals surface area contributed by atoms with Gasteiger partial charge in [0.1, 0.15) is 0 Å². The van der Waals surface area contributed by atoms with E-state index in [1.54, 1.807) is 13.8 Å². The van der Waals surface area contributed by atoms with Gasteiger partial charge in [-0.1, -0.05) is 76.7 Å². The number of hydrazine groups is 1. The Hall–Kier alpha value is -0.880. The number of urea groups is 1. The molecular weight excluding hydrogens is 374 g/mol. The van der Waals surface area contributed by atoms with E-state index in [1.807, 2.05) is 30.3 Å². The zero-order chi connectivity index (χ0) is 17.0. The van der Waals surface area contributed by atoms with Crippen molar-refractivity contribution in [1.82, 2.24) is 10.9 Å². The molecule has 1 atom stereocenters. The molecule has 0 spiro atoms. The zero-order valence-electron chi connectivity index (χ0n) is 11.7. The number of rotatable bonds is 3. The molecule has 0 aliphatic carbocycles. The Balaban J connectivity index is 0.000000519. The topological polar surface area (TPSA) is 87.2 Å². The highest BCUT2D eigenvalue weighted by Crippen LogP contribution is 2.36. The van der Waals surface area contributed by atoms with Crippen LogP contribution in [-0.2, 0) is 14.9 Å². The van der Waals surface area contributed by atoms with Crippen molar-refractivity contribution < 1.29 is 14.3 Å². The summed E-state index contributed by atoms with van der Waals surface area (Å²) in [5.74, 6) is -0.556. The van der Waals surface area contributed by atoms with Crippen LogP contribution < -0.4 is 10.9 Å². The molecule has 122 valence electrons. The van der Waals surface area contributed by atoms with Gasteiger partial charge in [0.15, 0.2) is 0 Å². The third kappa shape index (κ3) is 6.08. The predicted octanol–water partition coefficient (Wildman–Crippen LogP) is 3.66. The summed E-state index contributed by atoms with van der Waals surface area (Å²) in [5.41, 5.74) is 3.01. The van der Waals surface area contributed by atoms with Gasteiger partial charge in [0.25, 0.3) is 0 Å². The molecule has 0 radical (unpaired) electrons. The number of ether oxygens (including phenoxy) is 1. The van der Waals surface area contributed by atoms with Crippen LogP contribution in [0.2, 0.25) is 0 Å². The van der Waals surface area contributed by atoms with Crippen LogP contribution in [0.5, 0.6) is 0 Å². The summed E-state index contributed by atoms with van der Waals surface area (Å²) in [6.07, 6.45) is 0. The molecule has 1 aliphatic rings. The van der Waals surface area contributed by atoms with Crippen molar-refractivity contribution in [2.24, 2.45) is 0 Å². The maximum atomic E-state index is 12.0. The number of halogens is 4. The monoisotopic (exact) mass is 386 g/mol. The van der Waals surface area contributed by atoms with Crippen molar-refractivity contribution in [1.29, 1.82) is 0 Å². The number of esters is 1. The van der Waals surface area contributed by atoms with Gasteiger partial charge in [-0.05, 0) is 19.4 Å². The van der Waals surface area contributed by atoms with Gasteiger partial charge in [0, 0.05) is 0 Å². The van der Waals surface area contributed by atoms with Crippen molar-refractivity contribution in [2.45, 2.75) is 28.6 Å². The lowest BCUT2D eigenvalue weighted by Gasteiger charge is -2.26. The van der Waals surface area contributed by atoms with Crippen LogP contribution in [0.25, 0.3) is 0 Å². The van der Waals surface area contributed by atoms with E-state index < -0.39 is 20.7 Å². The van der Waals surface area contributed by atoms with Gasteiger partial charge in [-0.2, -0.15) is 0 Å². The van der Waals surface area contributed by atoms with Crippen LogP contribution in [-0.4, -0.2) is 21.4 Å². The minimum absolute atomic E-state index is 0.0833. The van der Waals surface area contributed by atoms with Gasteiger partial charge >= 0.3 is 12.0 Å². The van der Waals surface area contributed by atoms with E-state index in [0.717, 1.165) is 5.56 Å². The molecule has 5 nitrogen and oxygen atoms in total. The molecular formula is C13H14Cl4N2O3. The molecule has 1 aliphatic heterocycles. The van der Waals surface area contributed by atoms with Crippen molar-refractivity contribution in [2.75, 3.05) is 0 Å². The molecule has 0 bridgehead atoms. The Labute approximate surface area is 148 Å². The first kappa shape index (κ1) is 19.2. The second-order valence-electron chi connectivity index (χ2n) is 4.83. The van der Waals surface area contributed by atoms with Crippen LogP contribution in [0, 0.1) is 0 Å². The Kier molecular flexibility index (Phi) is 6.62. The lowest BCUT2D eigenvalue weighted by Crippen LogP contribution is -2.36.